The zero-order valence-corrected chi connectivity index (χ0v) is 23.3. The fraction of sp³-hybridized carbons (Fsp3) is 0.407. The molecule has 8 nitrogen and oxygen atoms in total. The number of fused-ring (bicyclic) bond motifs is 1. The maximum absolute atomic E-state index is 13.6. The average Bonchev–Trinajstić information content (AvgIpc) is 2.87. The lowest BCUT2D eigenvalue weighted by Gasteiger charge is -2.23. The monoisotopic (exact) mass is 589 g/mol. The third kappa shape index (κ3) is 6.51. The van der Waals surface area contributed by atoms with Crippen molar-refractivity contribution in [1.82, 2.24) is 9.66 Å². The molecule has 1 fully saturated rings. The highest BCUT2D eigenvalue weighted by Crippen LogP contribution is 2.35. The smallest absolute Gasteiger partial charge is 0.344 e. The minimum atomic E-state index is -0.519. The second-order valence-electron chi connectivity index (χ2n) is 9.18. The van der Waals surface area contributed by atoms with Gasteiger partial charge in [0.15, 0.2) is 18.1 Å². The first-order chi connectivity index (χ1) is 17.8. The third-order valence-corrected chi connectivity index (χ3v) is 6.80. The van der Waals surface area contributed by atoms with Crippen LogP contribution in [0, 0.1) is 0 Å². The number of nitrogens with zero attached hydrogens (tertiary/aromatic N) is 3. The number of halogens is 2. The van der Waals surface area contributed by atoms with Crippen molar-refractivity contribution in [3.63, 3.8) is 0 Å². The Morgan fingerprint density at radius 3 is 2.70 bits per heavy atom. The van der Waals surface area contributed by atoms with E-state index < -0.39 is 5.97 Å². The summed E-state index contributed by atoms with van der Waals surface area (Å²) < 4.78 is 18.5. The molecule has 1 saturated carbocycles. The summed E-state index contributed by atoms with van der Waals surface area (Å²) in [6.07, 6.45) is 6.44. The molecule has 3 aromatic rings. The van der Waals surface area contributed by atoms with Crippen LogP contribution in [0.1, 0.15) is 63.3 Å². The molecule has 1 aliphatic carbocycles. The van der Waals surface area contributed by atoms with Gasteiger partial charge in [-0.05, 0) is 51.0 Å². The molecule has 0 aliphatic heterocycles. The number of rotatable bonds is 8. The molecular formula is C27H29BrClN3O5. The van der Waals surface area contributed by atoms with E-state index in [1.54, 1.807) is 32.0 Å². The van der Waals surface area contributed by atoms with Gasteiger partial charge in [0.25, 0.3) is 5.56 Å². The summed E-state index contributed by atoms with van der Waals surface area (Å²) in [7, 11) is 1.47. The average molecular weight is 591 g/mol. The highest BCUT2D eigenvalue weighted by molar-refractivity contribution is 9.10. The molecule has 37 heavy (non-hydrogen) atoms. The molecule has 2 aromatic carbocycles. The zero-order valence-electron chi connectivity index (χ0n) is 21.0. The van der Waals surface area contributed by atoms with Gasteiger partial charge in [0.1, 0.15) is 5.82 Å². The van der Waals surface area contributed by atoms with Crippen molar-refractivity contribution < 1.29 is 19.0 Å². The van der Waals surface area contributed by atoms with Crippen LogP contribution in [0.5, 0.6) is 11.5 Å². The van der Waals surface area contributed by atoms with Gasteiger partial charge in [-0.25, -0.2) is 9.78 Å². The first-order valence-electron chi connectivity index (χ1n) is 12.2. The molecule has 196 valence electrons. The SMILES string of the molecule is COc1cc(Cl)cc(C=Nn2c(C3CCCCC3)nc3ccc(Br)cc3c2=O)c1OCC(=O)OC(C)C. The maximum atomic E-state index is 13.6. The number of methoxy groups -OCH3 is 1. The summed E-state index contributed by atoms with van der Waals surface area (Å²) in [5.41, 5.74) is 0.815. The zero-order chi connectivity index (χ0) is 26.5. The van der Waals surface area contributed by atoms with Gasteiger partial charge in [0, 0.05) is 27.0 Å². The molecular weight excluding hydrogens is 562 g/mol. The predicted octanol–water partition coefficient (Wildman–Crippen LogP) is 6.08. The summed E-state index contributed by atoms with van der Waals surface area (Å²) in [5, 5.41) is 5.42. The topological polar surface area (TPSA) is 92.0 Å². The Morgan fingerprint density at radius 1 is 1.24 bits per heavy atom. The van der Waals surface area contributed by atoms with E-state index in [0.29, 0.717) is 33.1 Å². The number of ether oxygens (including phenoxy) is 3. The van der Waals surface area contributed by atoms with Crippen LogP contribution in [0.4, 0.5) is 0 Å². The van der Waals surface area contributed by atoms with Gasteiger partial charge in [-0.2, -0.15) is 9.78 Å². The van der Waals surface area contributed by atoms with E-state index in [0.717, 1.165) is 30.2 Å². The molecule has 0 spiro atoms. The molecule has 10 heteroatoms. The lowest BCUT2D eigenvalue weighted by Crippen LogP contribution is -2.25. The number of hydrogen-bond acceptors (Lipinski definition) is 7. The fourth-order valence-electron chi connectivity index (χ4n) is 4.44. The Kier molecular flexibility index (Phi) is 8.87. The van der Waals surface area contributed by atoms with Crippen molar-refractivity contribution in [3.8, 4) is 11.5 Å². The van der Waals surface area contributed by atoms with Crippen LogP contribution < -0.4 is 15.0 Å². The van der Waals surface area contributed by atoms with Gasteiger partial charge in [0.2, 0.25) is 0 Å². The van der Waals surface area contributed by atoms with E-state index in [1.165, 1.54) is 24.4 Å². The minimum Gasteiger partial charge on any atom is -0.493 e. The van der Waals surface area contributed by atoms with Crippen LogP contribution in [0.15, 0.2) is 44.7 Å². The summed E-state index contributed by atoms with van der Waals surface area (Å²) in [6, 6.07) is 8.67. The standard InChI is InChI=1S/C27H29BrClN3O5/c1-16(2)37-24(33)15-36-25-18(11-20(29)13-23(25)35-3)14-30-32-26(17-7-5-4-6-8-17)31-22-10-9-19(28)12-21(22)27(32)34/h9-14,16-17H,4-8,15H2,1-3H3. The fourth-order valence-corrected chi connectivity index (χ4v) is 5.02. The van der Waals surface area contributed by atoms with E-state index in [2.05, 4.69) is 21.0 Å². The van der Waals surface area contributed by atoms with Crippen LogP contribution in [-0.4, -0.2) is 41.7 Å². The molecule has 1 aliphatic rings. The van der Waals surface area contributed by atoms with Crippen molar-refractivity contribution in [1.29, 1.82) is 0 Å². The van der Waals surface area contributed by atoms with E-state index in [1.807, 2.05) is 12.1 Å². The van der Waals surface area contributed by atoms with Crippen molar-refractivity contribution >= 4 is 50.6 Å². The van der Waals surface area contributed by atoms with Gasteiger partial charge in [-0.15, -0.1) is 0 Å². The molecule has 0 amide bonds. The number of aromatic nitrogens is 2. The van der Waals surface area contributed by atoms with E-state index in [4.69, 9.17) is 30.8 Å². The van der Waals surface area contributed by atoms with Crippen molar-refractivity contribution in [2.24, 2.45) is 5.10 Å². The van der Waals surface area contributed by atoms with E-state index in [9.17, 15) is 9.59 Å². The second kappa shape index (κ2) is 12.1. The molecule has 0 N–H and O–H groups in total. The lowest BCUT2D eigenvalue weighted by atomic mass is 9.88. The van der Waals surface area contributed by atoms with Gasteiger partial charge in [0.05, 0.1) is 30.3 Å². The van der Waals surface area contributed by atoms with Crippen LogP contribution >= 0.6 is 27.5 Å². The lowest BCUT2D eigenvalue weighted by molar-refractivity contribution is -0.149. The molecule has 1 heterocycles. The molecule has 0 saturated heterocycles. The van der Waals surface area contributed by atoms with Gasteiger partial charge >= 0.3 is 5.97 Å². The largest absolute Gasteiger partial charge is 0.493 e. The molecule has 0 unspecified atom stereocenters. The third-order valence-electron chi connectivity index (χ3n) is 6.09. The summed E-state index contributed by atoms with van der Waals surface area (Å²) in [6.45, 7) is 3.20. The van der Waals surface area contributed by atoms with Crippen molar-refractivity contribution in [2.45, 2.75) is 58.0 Å². The molecule has 4 rings (SSSR count). The highest BCUT2D eigenvalue weighted by Gasteiger charge is 2.23. The van der Waals surface area contributed by atoms with Gasteiger partial charge in [-0.1, -0.05) is 46.8 Å². The van der Waals surface area contributed by atoms with Crippen LogP contribution in [0.25, 0.3) is 10.9 Å². The Morgan fingerprint density at radius 2 is 2.00 bits per heavy atom. The van der Waals surface area contributed by atoms with E-state index >= 15 is 0 Å². The quantitative estimate of drug-likeness (QED) is 0.233. The molecule has 0 radical (unpaired) electrons. The molecule has 1 aromatic heterocycles. The van der Waals surface area contributed by atoms with Crippen molar-refractivity contribution in [3.05, 3.63) is 61.6 Å². The van der Waals surface area contributed by atoms with Crippen LogP contribution in [0.2, 0.25) is 5.02 Å². The number of benzene rings is 2. The van der Waals surface area contributed by atoms with Gasteiger partial charge in [-0.3, -0.25) is 4.79 Å². The van der Waals surface area contributed by atoms with E-state index in [-0.39, 0.29) is 29.9 Å². The summed E-state index contributed by atoms with van der Waals surface area (Å²) in [4.78, 5) is 30.6. The normalized spacial score (nSPS) is 14.4. The number of esters is 1. The first kappa shape index (κ1) is 27.1. The Hall–Kier alpha value is -2.91. The Balaban J connectivity index is 1.79. The predicted molar refractivity (Wildman–Crippen MR) is 147 cm³/mol. The first-order valence-corrected chi connectivity index (χ1v) is 13.4. The minimum absolute atomic E-state index is 0.127. The maximum Gasteiger partial charge on any atom is 0.344 e. The molecule has 0 atom stereocenters. The summed E-state index contributed by atoms with van der Waals surface area (Å²) in [5.74, 6) is 0.830. The number of carbonyl (C=O) groups is 1. The second-order valence-corrected chi connectivity index (χ2v) is 10.5. The van der Waals surface area contributed by atoms with Crippen LogP contribution in [0.3, 0.4) is 0 Å². The number of hydrogen-bond donors (Lipinski definition) is 0. The Labute approximate surface area is 228 Å². The number of carbonyl (C=O) groups excluding carboxylic acids is 1. The molecule has 0 bridgehead atoms. The highest BCUT2D eigenvalue weighted by atomic mass is 79.9. The van der Waals surface area contributed by atoms with Crippen LogP contribution in [-0.2, 0) is 9.53 Å². The summed E-state index contributed by atoms with van der Waals surface area (Å²) >= 11 is 9.76. The van der Waals surface area contributed by atoms with Gasteiger partial charge < -0.3 is 14.2 Å². The van der Waals surface area contributed by atoms with Crippen molar-refractivity contribution in [2.75, 3.05) is 13.7 Å². The Bertz CT molecular complexity index is 1380.